The molecule has 1 fully saturated rings. The first-order valence-corrected chi connectivity index (χ1v) is 8.64. The van der Waals surface area contributed by atoms with Crippen molar-refractivity contribution in [1.29, 1.82) is 0 Å². The van der Waals surface area contributed by atoms with Gasteiger partial charge >= 0.3 is 0 Å². The molecule has 1 N–H and O–H groups in total. The van der Waals surface area contributed by atoms with Crippen LogP contribution in [0, 0.1) is 5.92 Å². The van der Waals surface area contributed by atoms with Crippen LogP contribution in [-0.4, -0.2) is 27.8 Å². The highest BCUT2D eigenvalue weighted by atomic mass is 32.2. The van der Waals surface area contributed by atoms with Gasteiger partial charge in [0.05, 0.1) is 5.25 Å². The minimum Gasteiger partial charge on any atom is -0.313 e. The first kappa shape index (κ1) is 15.2. The second-order valence-electron chi connectivity index (χ2n) is 5.65. The molecule has 0 amide bonds. The maximum absolute atomic E-state index is 12.3. The second kappa shape index (κ2) is 8.25. The smallest absolute Gasteiger partial charge is 0.0501 e. The van der Waals surface area contributed by atoms with Gasteiger partial charge in [-0.3, -0.25) is 4.21 Å². The maximum Gasteiger partial charge on any atom is 0.0501 e. The van der Waals surface area contributed by atoms with Crippen molar-refractivity contribution in [2.45, 2.75) is 70.6 Å². The van der Waals surface area contributed by atoms with E-state index in [2.05, 4.69) is 26.1 Å². The SMILES string of the molecule is CCCNC1CCCCC1S(=O)CCC(C)C. The maximum atomic E-state index is 12.3. The zero-order valence-electron chi connectivity index (χ0n) is 11.7. The molecule has 3 unspecified atom stereocenters. The van der Waals surface area contributed by atoms with Crippen molar-refractivity contribution in [1.82, 2.24) is 5.32 Å². The summed E-state index contributed by atoms with van der Waals surface area (Å²) in [6.45, 7) is 7.69. The van der Waals surface area contributed by atoms with Gasteiger partial charge in [-0.05, 0) is 38.1 Å². The zero-order valence-corrected chi connectivity index (χ0v) is 12.5. The molecule has 3 heteroatoms. The van der Waals surface area contributed by atoms with Crippen LogP contribution in [0.1, 0.15) is 59.3 Å². The summed E-state index contributed by atoms with van der Waals surface area (Å²) in [7, 11) is -0.623. The highest BCUT2D eigenvalue weighted by molar-refractivity contribution is 7.85. The van der Waals surface area contributed by atoms with E-state index in [4.69, 9.17) is 0 Å². The van der Waals surface area contributed by atoms with Crippen molar-refractivity contribution >= 4 is 10.8 Å². The standard InChI is InChI=1S/C14H29NOS/c1-4-10-15-13-7-5-6-8-14(13)17(16)11-9-12(2)3/h12-15H,4-11H2,1-3H3. The monoisotopic (exact) mass is 259 g/mol. The van der Waals surface area contributed by atoms with Gasteiger partial charge in [-0.25, -0.2) is 0 Å². The van der Waals surface area contributed by atoms with E-state index in [-0.39, 0.29) is 0 Å². The van der Waals surface area contributed by atoms with Gasteiger partial charge in [0.25, 0.3) is 0 Å². The van der Waals surface area contributed by atoms with Crippen LogP contribution in [-0.2, 0) is 10.8 Å². The van der Waals surface area contributed by atoms with E-state index in [1.165, 1.54) is 25.7 Å². The minimum absolute atomic E-state index is 0.411. The molecule has 1 aliphatic rings. The lowest BCUT2D eigenvalue weighted by molar-refractivity contribution is 0.379. The van der Waals surface area contributed by atoms with Crippen molar-refractivity contribution in [3.05, 3.63) is 0 Å². The summed E-state index contributed by atoms with van der Waals surface area (Å²) >= 11 is 0. The van der Waals surface area contributed by atoms with Gasteiger partial charge in [0.2, 0.25) is 0 Å². The zero-order chi connectivity index (χ0) is 12.7. The fourth-order valence-corrected chi connectivity index (χ4v) is 4.51. The second-order valence-corrected chi connectivity index (χ2v) is 7.43. The highest BCUT2D eigenvalue weighted by Crippen LogP contribution is 2.23. The Hall–Kier alpha value is 0.110. The van der Waals surface area contributed by atoms with Gasteiger partial charge in [-0.2, -0.15) is 0 Å². The van der Waals surface area contributed by atoms with Crippen molar-refractivity contribution < 1.29 is 4.21 Å². The van der Waals surface area contributed by atoms with E-state index >= 15 is 0 Å². The van der Waals surface area contributed by atoms with E-state index in [1.54, 1.807) is 0 Å². The molecule has 17 heavy (non-hydrogen) atoms. The van der Waals surface area contributed by atoms with Gasteiger partial charge in [-0.1, -0.05) is 33.6 Å². The lowest BCUT2D eigenvalue weighted by Gasteiger charge is -2.31. The molecular weight excluding hydrogens is 230 g/mol. The topological polar surface area (TPSA) is 29.1 Å². The summed E-state index contributed by atoms with van der Waals surface area (Å²) in [5.74, 6) is 1.57. The van der Waals surface area contributed by atoms with E-state index < -0.39 is 10.8 Å². The van der Waals surface area contributed by atoms with Crippen LogP contribution in [0.5, 0.6) is 0 Å². The molecule has 0 heterocycles. The average molecular weight is 259 g/mol. The number of hydrogen-bond acceptors (Lipinski definition) is 2. The third kappa shape index (κ3) is 5.52. The molecule has 0 spiro atoms. The average Bonchev–Trinajstić information content (AvgIpc) is 2.33. The summed E-state index contributed by atoms with van der Waals surface area (Å²) in [6.07, 6.45) is 7.22. The molecule has 3 atom stereocenters. The summed E-state index contributed by atoms with van der Waals surface area (Å²) < 4.78 is 12.3. The van der Waals surface area contributed by atoms with Crippen LogP contribution in [0.25, 0.3) is 0 Å². The van der Waals surface area contributed by atoms with E-state index in [0.717, 1.165) is 25.1 Å². The highest BCUT2D eigenvalue weighted by Gasteiger charge is 2.28. The van der Waals surface area contributed by atoms with Crippen molar-refractivity contribution in [3.8, 4) is 0 Å². The first-order valence-electron chi connectivity index (χ1n) is 7.25. The molecule has 0 radical (unpaired) electrons. The van der Waals surface area contributed by atoms with Crippen LogP contribution in [0.2, 0.25) is 0 Å². The van der Waals surface area contributed by atoms with Gasteiger partial charge < -0.3 is 5.32 Å². The van der Waals surface area contributed by atoms with E-state index in [9.17, 15) is 4.21 Å². The Bertz CT molecular complexity index is 230. The Balaban J connectivity index is 2.42. The van der Waals surface area contributed by atoms with Crippen LogP contribution in [0.4, 0.5) is 0 Å². The van der Waals surface area contributed by atoms with Crippen LogP contribution < -0.4 is 5.32 Å². The Kier molecular flexibility index (Phi) is 7.36. The lowest BCUT2D eigenvalue weighted by Crippen LogP contribution is -2.45. The molecule has 0 saturated heterocycles. The fraction of sp³-hybridized carbons (Fsp3) is 1.00. The quantitative estimate of drug-likeness (QED) is 0.761. The Labute approximate surface area is 109 Å². The molecule has 1 saturated carbocycles. The van der Waals surface area contributed by atoms with Crippen molar-refractivity contribution in [3.63, 3.8) is 0 Å². The van der Waals surface area contributed by atoms with E-state index in [1.807, 2.05) is 0 Å². The predicted octanol–water partition coefficient (Wildman–Crippen LogP) is 3.09. The molecule has 1 aliphatic carbocycles. The number of hydrogen-bond donors (Lipinski definition) is 1. The number of rotatable bonds is 7. The van der Waals surface area contributed by atoms with Gasteiger partial charge in [0.1, 0.15) is 0 Å². The Morgan fingerprint density at radius 1 is 1.29 bits per heavy atom. The molecule has 0 aromatic heterocycles. The predicted molar refractivity (Wildman–Crippen MR) is 76.8 cm³/mol. The summed E-state index contributed by atoms with van der Waals surface area (Å²) in [6, 6.07) is 0.511. The third-order valence-electron chi connectivity index (χ3n) is 3.59. The van der Waals surface area contributed by atoms with Crippen LogP contribution in [0.15, 0.2) is 0 Å². The normalized spacial score (nSPS) is 27.3. The minimum atomic E-state index is -0.623. The fourth-order valence-electron chi connectivity index (χ4n) is 2.48. The van der Waals surface area contributed by atoms with Crippen LogP contribution >= 0.6 is 0 Å². The van der Waals surface area contributed by atoms with Gasteiger partial charge in [0, 0.05) is 22.6 Å². The molecule has 2 nitrogen and oxygen atoms in total. The number of nitrogens with one attached hydrogen (secondary N) is 1. The van der Waals surface area contributed by atoms with Crippen molar-refractivity contribution in [2.75, 3.05) is 12.3 Å². The third-order valence-corrected chi connectivity index (χ3v) is 5.47. The van der Waals surface area contributed by atoms with Crippen LogP contribution in [0.3, 0.4) is 0 Å². The molecule has 1 rings (SSSR count). The molecule has 0 bridgehead atoms. The molecule has 0 aliphatic heterocycles. The molecule has 102 valence electrons. The van der Waals surface area contributed by atoms with Gasteiger partial charge in [0.15, 0.2) is 0 Å². The molecule has 0 aromatic carbocycles. The summed E-state index contributed by atoms with van der Waals surface area (Å²) in [5.41, 5.74) is 0. The van der Waals surface area contributed by atoms with E-state index in [0.29, 0.717) is 17.2 Å². The summed E-state index contributed by atoms with van der Waals surface area (Å²) in [4.78, 5) is 0. The summed E-state index contributed by atoms with van der Waals surface area (Å²) in [5, 5.41) is 4.01. The lowest BCUT2D eigenvalue weighted by atomic mass is 9.95. The largest absolute Gasteiger partial charge is 0.313 e. The van der Waals surface area contributed by atoms with Gasteiger partial charge in [-0.15, -0.1) is 0 Å². The Morgan fingerprint density at radius 3 is 2.65 bits per heavy atom. The molecular formula is C14H29NOS. The van der Waals surface area contributed by atoms with Crippen molar-refractivity contribution in [2.24, 2.45) is 5.92 Å². The first-order chi connectivity index (χ1) is 8.15. The Morgan fingerprint density at radius 2 is 2.00 bits per heavy atom. The molecule has 0 aromatic rings.